The maximum atomic E-state index is 5.49. The molecule has 1 aromatic carbocycles. The van der Waals surface area contributed by atoms with E-state index in [-0.39, 0.29) is 0 Å². The molecule has 0 spiro atoms. The molecule has 0 aliphatic heterocycles. The Morgan fingerprint density at radius 2 is 2.15 bits per heavy atom. The van der Waals surface area contributed by atoms with Gasteiger partial charge in [-0.15, -0.1) is 0 Å². The lowest BCUT2D eigenvalue weighted by molar-refractivity contribution is 0.584. The molecule has 0 N–H and O–H groups in total. The van der Waals surface area contributed by atoms with Crippen molar-refractivity contribution in [2.75, 3.05) is 0 Å². The number of benzene rings is 1. The Morgan fingerprint density at radius 3 is 2.92 bits per heavy atom. The minimum Gasteiger partial charge on any atom is -0.450 e. The number of hydrogen-bond donors (Lipinski definition) is 0. The molecule has 0 radical (unpaired) electrons. The zero-order valence-electron chi connectivity index (χ0n) is 7.51. The van der Waals surface area contributed by atoms with Gasteiger partial charge in [0.15, 0.2) is 3.77 Å². The Morgan fingerprint density at radius 1 is 1.31 bits per heavy atom. The van der Waals surface area contributed by atoms with Gasteiger partial charge in [-0.3, -0.25) is 0 Å². The minimum absolute atomic E-state index is 0.959. The zero-order chi connectivity index (χ0) is 9.26. The number of aryl methyl sites for hydroxylation is 1. The van der Waals surface area contributed by atoms with Gasteiger partial charge in [-0.05, 0) is 52.8 Å². The molecule has 0 saturated carbocycles. The summed E-state index contributed by atoms with van der Waals surface area (Å²) in [5.74, 6) is 0. The van der Waals surface area contributed by atoms with E-state index >= 15 is 0 Å². The maximum absolute atomic E-state index is 5.49. The lowest BCUT2D eigenvalue weighted by Gasteiger charge is -1.96. The van der Waals surface area contributed by atoms with Crippen molar-refractivity contribution in [1.29, 1.82) is 0 Å². The van der Waals surface area contributed by atoms with Crippen LogP contribution < -0.4 is 0 Å². The molecule has 2 aromatic rings. The van der Waals surface area contributed by atoms with Crippen molar-refractivity contribution in [1.82, 2.24) is 0 Å². The highest BCUT2D eigenvalue weighted by atomic mass is 127. The van der Waals surface area contributed by atoms with Gasteiger partial charge in [0.25, 0.3) is 0 Å². The molecule has 13 heavy (non-hydrogen) atoms. The second kappa shape index (κ2) is 3.70. The van der Waals surface area contributed by atoms with E-state index in [9.17, 15) is 0 Å². The number of hydrogen-bond acceptors (Lipinski definition) is 1. The Labute approximate surface area is 91.3 Å². The Hall–Kier alpha value is -0.510. The van der Waals surface area contributed by atoms with Crippen LogP contribution in [-0.2, 0) is 6.42 Å². The van der Waals surface area contributed by atoms with E-state index in [0.29, 0.717) is 0 Å². The summed E-state index contributed by atoms with van der Waals surface area (Å²) in [5.41, 5.74) is 2.39. The predicted molar refractivity (Wildman–Crippen MR) is 62.9 cm³/mol. The molecule has 0 saturated heterocycles. The third kappa shape index (κ3) is 1.88. The highest BCUT2D eigenvalue weighted by Gasteiger charge is 2.01. The number of rotatable bonds is 2. The van der Waals surface area contributed by atoms with Crippen molar-refractivity contribution in [3.8, 4) is 0 Å². The lowest BCUT2D eigenvalue weighted by atomic mass is 10.1. The quantitative estimate of drug-likeness (QED) is 0.761. The number of fused-ring (bicyclic) bond motifs is 1. The molecule has 0 unspecified atom stereocenters. The van der Waals surface area contributed by atoms with Gasteiger partial charge < -0.3 is 4.42 Å². The molecule has 0 bridgehead atoms. The first kappa shape index (κ1) is 9.06. The van der Waals surface area contributed by atoms with Gasteiger partial charge >= 0.3 is 0 Å². The summed E-state index contributed by atoms with van der Waals surface area (Å²) in [6, 6.07) is 8.49. The van der Waals surface area contributed by atoms with Crippen LogP contribution in [0.3, 0.4) is 0 Å². The first-order chi connectivity index (χ1) is 6.29. The van der Waals surface area contributed by atoms with E-state index in [1.807, 2.05) is 0 Å². The third-order valence-corrected chi connectivity index (χ3v) is 2.62. The first-order valence-electron chi connectivity index (χ1n) is 4.47. The summed E-state index contributed by atoms with van der Waals surface area (Å²) in [7, 11) is 0. The molecule has 0 aliphatic rings. The van der Waals surface area contributed by atoms with Gasteiger partial charge in [-0.1, -0.05) is 19.4 Å². The average molecular weight is 286 g/mol. The molecule has 2 rings (SSSR count). The summed E-state index contributed by atoms with van der Waals surface area (Å²) in [4.78, 5) is 0. The van der Waals surface area contributed by atoms with Gasteiger partial charge in [-0.25, -0.2) is 0 Å². The molecule has 0 aliphatic carbocycles. The fourth-order valence-electron chi connectivity index (χ4n) is 1.50. The van der Waals surface area contributed by atoms with Crippen molar-refractivity contribution >= 4 is 33.6 Å². The molecular formula is C11H11IO. The fourth-order valence-corrected chi connectivity index (χ4v) is 2.08. The molecule has 0 atom stereocenters. The minimum atomic E-state index is 0.959. The molecule has 68 valence electrons. The number of halogens is 1. The number of furan rings is 1. The summed E-state index contributed by atoms with van der Waals surface area (Å²) < 4.78 is 6.45. The zero-order valence-corrected chi connectivity index (χ0v) is 9.67. The van der Waals surface area contributed by atoms with Crippen LogP contribution in [0.15, 0.2) is 28.7 Å². The third-order valence-electron chi connectivity index (χ3n) is 2.09. The second-order valence-electron chi connectivity index (χ2n) is 3.17. The Bertz CT molecular complexity index is 417. The van der Waals surface area contributed by atoms with Crippen LogP contribution in [0, 0.1) is 3.77 Å². The van der Waals surface area contributed by atoms with Crippen LogP contribution in [0.1, 0.15) is 18.9 Å². The largest absolute Gasteiger partial charge is 0.450 e. The van der Waals surface area contributed by atoms with E-state index in [1.54, 1.807) is 0 Å². The van der Waals surface area contributed by atoms with Crippen LogP contribution in [0.25, 0.3) is 11.0 Å². The van der Waals surface area contributed by atoms with E-state index in [2.05, 4.69) is 53.8 Å². The van der Waals surface area contributed by atoms with Crippen LogP contribution in [0.5, 0.6) is 0 Å². The highest BCUT2D eigenvalue weighted by molar-refractivity contribution is 14.1. The van der Waals surface area contributed by atoms with Crippen LogP contribution >= 0.6 is 22.6 Å². The molecule has 0 amide bonds. The molecule has 1 nitrogen and oxygen atoms in total. The van der Waals surface area contributed by atoms with E-state index in [0.717, 1.165) is 15.8 Å². The molecule has 1 heterocycles. The monoisotopic (exact) mass is 286 g/mol. The van der Waals surface area contributed by atoms with Crippen molar-refractivity contribution in [2.24, 2.45) is 0 Å². The average Bonchev–Trinajstić information content (AvgIpc) is 2.44. The smallest absolute Gasteiger partial charge is 0.165 e. The fraction of sp³-hybridized carbons (Fsp3) is 0.273. The van der Waals surface area contributed by atoms with Gasteiger partial charge in [-0.2, -0.15) is 0 Å². The molecular weight excluding hydrogens is 275 g/mol. The van der Waals surface area contributed by atoms with Crippen LogP contribution in [0.4, 0.5) is 0 Å². The van der Waals surface area contributed by atoms with E-state index < -0.39 is 0 Å². The summed E-state index contributed by atoms with van der Waals surface area (Å²) >= 11 is 2.20. The summed E-state index contributed by atoms with van der Waals surface area (Å²) in [5, 5.41) is 1.22. The standard InChI is InChI=1S/C11H11IO/c1-2-3-8-4-5-10-9(6-8)7-11(12)13-10/h4-7H,2-3H2,1H3. The second-order valence-corrected chi connectivity index (χ2v) is 4.24. The molecule has 0 fully saturated rings. The van der Waals surface area contributed by atoms with E-state index in [4.69, 9.17) is 4.42 Å². The van der Waals surface area contributed by atoms with Gasteiger partial charge in [0.1, 0.15) is 5.58 Å². The maximum Gasteiger partial charge on any atom is 0.165 e. The van der Waals surface area contributed by atoms with Gasteiger partial charge in [0.05, 0.1) is 0 Å². The molecule has 1 aromatic heterocycles. The summed E-state index contributed by atoms with van der Waals surface area (Å²) in [6.07, 6.45) is 2.35. The lowest BCUT2D eigenvalue weighted by Crippen LogP contribution is -1.80. The van der Waals surface area contributed by atoms with Crippen molar-refractivity contribution in [2.45, 2.75) is 19.8 Å². The van der Waals surface area contributed by atoms with Gasteiger partial charge in [0.2, 0.25) is 0 Å². The van der Waals surface area contributed by atoms with Crippen molar-refractivity contribution in [3.63, 3.8) is 0 Å². The SMILES string of the molecule is CCCc1ccc2oc(I)cc2c1. The normalized spacial score (nSPS) is 10.9. The first-order valence-corrected chi connectivity index (χ1v) is 5.55. The van der Waals surface area contributed by atoms with Crippen LogP contribution in [0.2, 0.25) is 0 Å². The van der Waals surface area contributed by atoms with Crippen molar-refractivity contribution in [3.05, 3.63) is 33.6 Å². The Balaban J connectivity index is 2.48. The topological polar surface area (TPSA) is 13.1 Å². The van der Waals surface area contributed by atoms with Gasteiger partial charge in [0, 0.05) is 5.39 Å². The van der Waals surface area contributed by atoms with E-state index in [1.165, 1.54) is 17.4 Å². The highest BCUT2D eigenvalue weighted by Crippen LogP contribution is 2.22. The van der Waals surface area contributed by atoms with Crippen LogP contribution in [-0.4, -0.2) is 0 Å². The van der Waals surface area contributed by atoms with Crippen molar-refractivity contribution < 1.29 is 4.42 Å². The summed E-state index contributed by atoms with van der Waals surface area (Å²) in [6.45, 7) is 2.20. The Kier molecular flexibility index (Phi) is 2.58. The molecule has 2 heteroatoms. The predicted octanol–water partition coefficient (Wildman–Crippen LogP) is 3.99.